The fourth-order valence-electron chi connectivity index (χ4n) is 1.38. The average molecular weight is 211 g/mol. The van der Waals surface area contributed by atoms with Crippen LogP contribution in [0.3, 0.4) is 0 Å². The van der Waals surface area contributed by atoms with Gasteiger partial charge in [-0.2, -0.15) is 0 Å². The molecular formula is C12H7N2O2. The van der Waals surface area contributed by atoms with Crippen LogP contribution in [0.4, 0.5) is 0 Å². The van der Waals surface area contributed by atoms with Crippen LogP contribution in [0.1, 0.15) is 0 Å². The molecule has 0 atom stereocenters. The maximum absolute atomic E-state index is 5.24. The van der Waals surface area contributed by atoms with Crippen molar-refractivity contribution in [2.24, 2.45) is 0 Å². The lowest BCUT2D eigenvalue weighted by molar-refractivity contribution is 0.558. The molecule has 0 unspecified atom stereocenters. The largest absolute Gasteiger partial charge is 0.443 e. The van der Waals surface area contributed by atoms with Gasteiger partial charge in [-0.05, 0) is 12.1 Å². The van der Waals surface area contributed by atoms with E-state index in [4.69, 9.17) is 8.83 Å². The van der Waals surface area contributed by atoms with Crippen molar-refractivity contribution in [1.82, 2.24) is 9.97 Å². The van der Waals surface area contributed by atoms with Gasteiger partial charge in [-0.1, -0.05) is 18.2 Å². The zero-order valence-electron chi connectivity index (χ0n) is 8.25. The van der Waals surface area contributed by atoms with E-state index >= 15 is 0 Å². The minimum atomic E-state index is 0.408. The number of oxazole rings is 2. The molecule has 0 saturated heterocycles. The van der Waals surface area contributed by atoms with E-state index in [9.17, 15) is 0 Å². The zero-order valence-corrected chi connectivity index (χ0v) is 8.25. The molecule has 0 bridgehead atoms. The number of benzene rings is 1. The second-order valence-corrected chi connectivity index (χ2v) is 3.17. The van der Waals surface area contributed by atoms with Crippen molar-refractivity contribution in [2.75, 3.05) is 0 Å². The molecule has 2 aromatic heterocycles. The first-order valence-corrected chi connectivity index (χ1v) is 4.77. The molecule has 2 heterocycles. The summed E-state index contributed by atoms with van der Waals surface area (Å²) in [5.74, 6) is 0.916. The minimum Gasteiger partial charge on any atom is -0.443 e. The Morgan fingerprint density at radius 2 is 1.94 bits per heavy atom. The van der Waals surface area contributed by atoms with Gasteiger partial charge in [-0.3, -0.25) is 0 Å². The van der Waals surface area contributed by atoms with Crippen molar-refractivity contribution in [2.45, 2.75) is 0 Å². The smallest absolute Gasteiger partial charge is 0.249 e. The van der Waals surface area contributed by atoms with E-state index < -0.39 is 0 Å². The number of nitrogens with zero attached hydrogens (tertiary/aromatic N) is 2. The highest BCUT2D eigenvalue weighted by Gasteiger charge is 2.11. The van der Waals surface area contributed by atoms with Crippen molar-refractivity contribution in [3.8, 4) is 23.0 Å². The number of rotatable bonds is 2. The number of hydrogen-bond acceptors (Lipinski definition) is 4. The van der Waals surface area contributed by atoms with E-state index in [1.807, 2.05) is 30.3 Å². The Kier molecular flexibility index (Phi) is 2.04. The van der Waals surface area contributed by atoms with Gasteiger partial charge in [0.05, 0.1) is 6.20 Å². The molecule has 0 fully saturated rings. The van der Waals surface area contributed by atoms with Gasteiger partial charge >= 0.3 is 0 Å². The highest BCUT2D eigenvalue weighted by molar-refractivity contribution is 5.56. The molecule has 0 saturated carbocycles. The molecule has 16 heavy (non-hydrogen) atoms. The van der Waals surface area contributed by atoms with Crippen LogP contribution in [-0.2, 0) is 0 Å². The normalized spacial score (nSPS) is 10.5. The summed E-state index contributed by atoms with van der Waals surface area (Å²) in [5, 5.41) is 0. The molecule has 0 aliphatic carbocycles. The average Bonchev–Trinajstić information content (AvgIpc) is 3.01. The van der Waals surface area contributed by atoms with Gasteiger partial charge in [0, 0.05) is 5.56 Å². The lowest BCUT2D eigenvalue weighted by Crippen LogP contribution is -1.78. The highest BCUT2D eigenvalue weighted by Crippen LogP contribution is 2.22. The van der Waals surface area contributed by atoms with Crippen LogP contribution in [0.15, 0.2) is 51.6 Å². The second kappa shape index (κ2) is 3.66. The Morgan fingerprint density at radius 3 is 2.69 bits per heavy atom. The monoisotopic (exact) mass is 211 g/mol. The Hall–Kier alpha value is -2.36. The van der Waals surface area contributed by atoms with Crippen LogP contribution in [0.2, 0.25) is 0 Å². The second-order valence-electron chi connectivity index (χ2n) is 3.17. The molecule has 77 valence electrons. The van der Waals surface area contributed by atoms with Gasteiger partial charge in [-0.15, -0.1) is 0 Å². The summed E-state index contributed by atoms with van der Waals surface area (Å²) in [5.41, 5.74) is 1.38. The molecule has 0 N–H and O–H groups in total. The standard InChI is InChI=1S/C12H7N2O2/c1-2-4-9(5-3-1)11-14-10(8-16-11)12-13-6-7-15-12/h1-7H. The minimum absolute atomic E-state index is 0.408. The van der Waals surface area contributed by atoms with Crippen molar-refractivity contribution < 1.29 is 8.83 Å². The number of hydrogen-bond donors (Lipinski definition) is 0. The molecule has 1 aromatic carbocycles. The van der Waals surface area contributed by atoms with E-state index in [-0.39, 0.29) is 0 Å². The van der Waals surface area contributed by atoms with Gasteiger partial charge in [0.25, 0.3) is 0 Å². The molecule has 3 aromatic rings. The fourth-order valence-corrected chi connectivity index (χ4v) is 1.38. The summed E-state index contributed by atoms with van der Waals surface area (Å²) in [6, 6.07) is 9.61. The van der Waals surface area contributed by atoms with Crippen LogP contribution in [0.5, 0.6) is 0 Å². The van der Waals surface area contributed by atoms with E-state index in [1.165, 1.54) is 6.26 Å². The van der Waals surface area contributed by atoms with E-state index in [1.54, 1.807) is 6.20 Å². The first-order chi connectivity index (χ1) is 7.93. The molecule has 0 aliphatic rings. The fraction of sp³-hybridized carbons (Fsp3) is 0. The summed E-state index contributed by atoms with van der Waals surface area (Å²) in [7, 11) is 0. The maximum atomic E-state index is 5.24. The Balaban J connectivity index is 2.00. The third-order valence-electron chi connectivity index (χ3n) is 2.11. The summed E-state index contributed by atoms with van der Waals surface area (Å²) in [4.78, 5) is 8.22. The lowest BCUT2D eigenvalue weighted by atomic mass is 10.2. The topological polar surface area (TPSA) is 52.1 Å². The summed E-state index contributed by atoms with van der Waals surface area (Å²) in [6.45, 7) is 0. The van der Waals surface area contributed by atoms with Gasteiger partial charge in [0.15, 0.2) is 5.69 Å². The maximum Gasteiger partial charge on any atom is 0.249 e. The molecule has 0 aliphatic heterocycles. The van der Waals surface area contributed by atoms with Crippen LogP contribution in [0, 0.1) is 6.26 Å². The quantitative estimate of drug-likeness (QED) is 0.654. The van der Waals surface area contributed by atoms with Crippen LogP contribution >= 0.6 is 0 Å². The van der Waals surface area contributed by atoms with Gasteiger partial charge in [0.1, 0.15) is 6.26 Å². The number of aromatic nitrogens is 2. The third kappa shape index (κ3) is 1.50. The predicted octanol–water partition coefficient (Wildman–Crippen LogP) is 2.80. The Bertz CT molecular complexity index is 570. The molecule has 0 spiro atoms. The van der Waals surface area contributed by atoms with Crippen molar-refractivity contribution in [1.29, 1.82) is 0 Å². The van der Waals surface area contributed by atoms with E-state index in [0.717, 1.165) is 5.56 Å². The lowest BCUT2D eigenvalue weighted by Gasteiger charge is -1.91. The van der Waals surface area contributed by atoms with E-state index in [0.29, 0.717) is 17.5 Å². The molecule has 0 amide bonds. The first-order valence-electron chi connectivity index (χ1n) is 4.77. The summed E-state index contributed by atoms with van der Waals surface area (Å²) >= 11 is 0. The SMILES string of the molecule is [c]1oc(-c2ccccc2)nc1-c1ncco1. The highest BCUT2D eigenvalue weighted by atomic mass is 16.4. The Morgan fingerprint density at radius 1 is 1.06 bits per heavy atom. The van der Waals surface area contributed by atoms with Crippen LogP contribution in [0.25, 0.3) is 23.0 Å². The molecule has 1 radical (unpaired) electrons. The third-order valence-corrected chi connectivity index (χ3v) is 2.11. The Labute approximate surface area is 91.6 Å². The summed E-state index contributed by atoms with van der Waals surface area (Å²) in [6.07, 6.45) is 5.71. The summed E-state index contributed by atoms with van der Waals surface area (Å²) < 4.78 is 10.3. The van der Waals surface area contributed by atoms with Crippen LogP contribution in [-0.4, -0.2) is 9.97 Å². The molecular weight excluding hydrogens is 204 g/mol. The molecule has 4 heteroatoms. The van der Waals surface area contributed by atoms with Gasteiger partial charge in [-0.25, -0.2) is 9.97 Å². The predicted molar refractivity (Wildman–Crippen MR) is 56.3 cm³/mol. The zero-order chi connectivity index (χ0) is 10.8. The van der Waals surface area contributed by atoms with Crippen molar-refractivity contribution in [3.05, 3.63) is 49.1 Å². The van der Waals surface area contributed by atoms with Gasteiger partial charge < -0.3 is 8.83 Å². The van der Waals surface area contributed by atoms with Crippen molar-refractivity contribution in [3.63, 3.8) is 0 Å². The molecule has 4 nitrogen and oxygen atoms in total. The van der Waals surface area contributed by atoms with E-state index in [2.05, 4.69) is 16.2 Å². The first kappa shape index (κ1) is 8.91. The van der Waals surface area contributed by atoms with Crippen molar-refractivity contribution >= 4 is 0 Å². The van der Waals surface area contributed by atoms with Gasteiger partial charge in [0.2, 0.25) is 18.0 Å². The molecule has 3 rings (SSSR count). The van der Waals surface area contributed by atoms with Crippen LogP contribution < -0.4 is 0 Å².